The number of halogens is 3. The SMILES string of the molecule is Cc1nc(N[C@H](C)c2cc(N)cc(C(F)(F)F)c2)c2cc(S(=O)(=O)C(C)C)c(N3CCCC3)nc2n1. The van der Waals surface area contributed by atoms with Crippen molar-refractivity contribution in [3.05, 3.63) is 41.2 Å². The molecule has 3 heterocycles. The van der Waals surface area contributed by atoms with E-state index in [-0.39, 0.29) is 16.4 Å². The van der Waals surface area contributed by atoms with E-state index in [1.807, 2.05) is 4.90 Å². The van der Waals surface area contributed by atoms with Crippen molar-refractivity contribution in [2.45, 2.75) is 62.9 Å². The van der Waals surface area contributed by atoms with E-state index in [4.69, 9.17) is 5.73 Å². The lowest BCUT2D eigenvalue weighted by molar-refractivity contribution is -0.137. The van der Waals surface area contributed by atoms with Crippen LogP contribution in [0.2, 0.25) is 0 Å². The number of pyridine rings is 1. The summed E-state index contributed by atoms with van der Waals surface area (Å²) in [7, 11) is -3.70. The monoisotopic (exact) mass is 522 g/mol. The first-order chi connectivity index (χ1) is 16.8. The second kappa shape index (κ2) is 9.38. The molecule has 0 spiro atoms. The zero-order chi connectivity index (χ0) is 26.4. The van der Waals surface area contributed by atoms with Crippen molar-refractivity contribution in [3.8, 4) is 0 Å². The fraction of sp³-hybridized carbons (Fsp3) is 0.458. The van der Waals surface area contributed by atoms with Crippen LogP contribution in [0, 0.1) is 6.92 Å². The van der Waals surface area contributed by atoms with Gasteiger partial charge in [0.1, 0.15) is 22.4 Å². The van der Waals surface area contributed by atoms with E-state index in [1.165, 1.54) is 12.1 Å². The van der Waals surface area contributed by atoms with Gasteiger partial charge in [-0.3, -0.25) is 0 Å². The molecule has 1 aliphatic rings. The van der Waals surface area contributed by atoms with Gasteiger partial charge in [0.05, 0.1) is 22.2 Å². The van der Waals surface area contributed by atoms with Gasteiger partial charge in [-0.25, -0.2) is 23.4 Å². The first kappa shape index (κ1) is 25.9. The molecule has 0 saturated carbocycles. The van der Waals surface area contributed by atoms with Gasteiger partial charge in [0, 0.05) is 18.8 Å². The lowest BCUT2D eigenvalue weighted by Gasteiger charge is -2.23. The molecule has 1 atom stereocenters. The zero-order valence-electron chi connectivity index (χ0n) is 20.5. The minimum atomic E-state index is -4.54. The molecule has 3 aromatic rings. The summed E-state index contributed by atoms with van der Waals surface area (Å²) in [6.45, 7) is 7.96. The third-order valence-electron chi connectivity index (χ3n) is 6.24. The van der Waals surface area contributed by atoms with E-state index in [1.54, 1.807) is 27.7 Å². The quantitative estimate of drug-likeness (QED) is 0.440. The third kappa shape index (κ3) is 5.04. The van der Waals surface area contributed by atoms with E-state index >= 15 is 0 Å². The number of hydrogen-bond acceptors (Lipinski definition) is 8. The minimum Gasteiger partial charge on any atom is -0.399 e. The van der Waals surface area contributed by atoms with E-state index in [9.17, 15) is 21.6 Å². The normalized spacial score (nSPS) is 15.6. The molecule has 2 aromatic heterocycles. The van der Waals surface area contributed by atoms with Crippen molar-refractivity contribution in [2.75, 3.05) is 29.0 Å². The van der Waals surface area contributed by atoms with Gasteiger partial charge in [-0.2, -0.15) is 13.2 Å². The number of nitrogens with zero attached hydrogens (tertiary/aromatic N) is 4. The summed E-state index contributed by atoms with van der Waals surface area (Å²) in [6, 6.07) is 4.27. The van der Waals surface area contributed by atoms with E-state index < -0.39 is 32.9 Å². The Hall–Kier alpha value is -3.15. The van der Waals surface area contributed by atoms with Crippen LogP contribution >= 0.6 is 0 Å². The molecule has 1 fully saturated rings. The van der Waals surface area contributed by atoms with E-state index in [2.05, 4.69) is 20.3 Å². The van der Waals surface area contributed by atoms with Crippen LogP contribution in [0.25, 0.3) is 11.0 Å². The number of nitrogens with one attached hydrogen (secondary N) is 1. The topological polar surface area (TPSA) is 114 Å². The highest BCUT2D eigenvalue weighted by molar-refractivity contribution is 7.92. The fourth-order valence-corrected chi connectivity index (χ4v) is 5.46. The van der Waals surface area contributed by atoms with Crippen molar-refractivity contribution in [2.24, 2.45) is 0 Å². The number of fused-ring (bicyclic) bond motifs is 1. The van der Waals surface area contributed by atoms with Crippen molar-refractivity contribution < 1.29 is 21.6 Å². The highest BCUT2D eigenvalue weighted by atomic mass is 32.2. The fourth-order valence-electron chi connectivity index (χ4n) is 4.24. The van der Waals surface area contributed by atoms with Crippen LogP contribution in [-0.4, -0.2) is 41.7 Å². The molecule has 4 rings (SSSR count). The lowest BCUT2D eigenvalue weighted by Crippen LogP contribution is -2.25. The minimum absolute atomic E-state index is 0.0144. The van der Waals surface area contributed by atoms with Crippen LogP contribution in [-0.2, 0) is 16.0 Å². The Labute approximate surface area is 208 Å². The van der Waals surface area contributed by atoms with Crippen LogP contribution in [0.5, 0.6) is 0 Å². The average molecular weight is 523 g/mol. The molecule has 1 aromatic carbocycles. The molecule has 1 saturated heterocycles. The van der Waals surface area contributed by atoms with Crippen LogP contribution in [0.1, 0.15) is 56.6 Å². The van der Waals surface area contributed by atoms with Gasteiger partial charge < -0.3 is 16.0 Å². The van der Waals surface area contributed by atoms with Gasteiger partial charge in [0.25, 0.3) is 0 Å². The van der Waals surface area contributed by atoms with Crippen LogP contribution in [0.15, 0.2) is 29.2 Å². The Balaban J connectivity index is 1.84. The number of alkyl halides is 3. The molecular weight excluding hydrogens is 493 g/mol. The highest BCUT2D eigenvalue weighted by Gasteiger charge is 2.32. The first-order valence-corrected chi connectivity index (χ1v) is 13.2. The van der Waals surface area contributed by atoms with Gasteiger partial charge in [-0.1, -0.05) is 0 Å². The number of nitrogen functional groups attached to an aromatic ring is 1. The Morgan fingerprint density at radius 1 is 1.03 bits per heavy atom. The number of hydrogen-bond donors (Lipinski definition) is 2. The van der Waals surface area contributed by atoms with Crippen molar-refractivity contribution in [3.63, 3.8) is 0 Å². The first-order valence-electron chi connectivity index (χ1n) is 11.7. The molecule has 8 nitrogen and oxygen atoms in total. The number of rotatable bonds is 6. The number of nitrogens with two attached hydrogens (primary N) is 1. The van der Waals surface area contributed by atoms with Crippen LogP contribution < -0.4 is 16.0 Å². The van der Waals surface area contributed by atoms with Gasteiger partial charge in [-0.15, -0.1) is 0 Å². The summed E-state index contributed by atoms with van der Waals surface area (Å²) in [6.07, 6.45) is -2.67. The summed E-state index contributed by atoms with van der Waals surface area (Å²) in [4.78, 5) is 15.6. The number of aromatic nitrogens is 3. The van der Waals surface area contributed by atoms with Gasteiger partial charge in [-0.05, 0) is 70.4 Å². The maximum atomic E-state index is 13.3. The largest absolute Gasteiger partial charge is 0.416 e. The predicted octanol–water partition coefficient (Wildman–Crippen LogP) is 4.89. The number of aryl methyl sites for hydroxylation is 1. The van der Waals surface area contributed by atoms with E-state index in [0.717, 1.165) is 25.0 Å². The molecule has 0 aliphatic carbocycles. The van der Waals surface area contributed by atoms with Gasteiger partial charge >= 0.3 is 6.18 Å². The number of anilines is 3. The number of benzene rings is 1. The summed E-state index contributed by atoms with van der Waals surface area (Å²) < 4.78 is 66.6. The lowest BCUT2D eigenvalue weighted by atomic mass is 10.0. The molecule has 36 heavy (non-hydrogen) atoms. The highest BCUT2D eigenvalue weighted by Crippen LogP contribution is 2.36. The van der Waals surface area contributed by atoms with Gasteiger partial charge in [0.15, 0.2) is 15.5 Å². The van der Waals surface area contributed by atoms with Gasteiger partial charge in [0.2, 0.25) is 0 Å². The maximum absolute atomic E-state index is 13.3. The Morgan fingerprint density at radius 3 is 2.31 bits per heavy atom. The summed E-state index contributed by atoms with van der Waals surface area (Å²) >= 11 is 0. The summed E-state index contributed by atoms with van der Waals surface area (Å²) in [5.41, 5.74) is 5.49. The molecule has 0 amide bonds. The van der Waals surface area contributed by atoms with E-state index in [0.29, 0.717) is 41.3 Å². The molecule has 0 unspecified atom stereocenters. The summed E-state index contributed by atoms with van der Waals surface area (Å²) in [5, 5.41) is 2.82. The Morgan fingerprint density at radius 2 is 1.69 bits per heavy atom. The molecular formula is C24H29F3N6O2S. The summed E-state index contributed by atoms with van der Waals surface area (Å²) in [5.74, 6) is 1.04. The molecule has 12 heteroatoms. The predicted molar refractivity (Wildman–Crippen MR) is 134 cm³/mol. The maximum Gasteiger partial charge on any atom is 0.416 e. The Kier molecular flexibility index (Phi) is 6.76. The standard InChI is InChI=1S/C24H29F3N6O2S/c1-13(2)36(34,35)20-12-19-21(29-14(3)16-9-17(24(25,26)27)11-18(28)10-16)30-15(4)31-22(19)32-23(20)33-7-5-6-8-33/h9-14H,5-8,28H2,1-4H3,(H,29,30,31,32)/t14-/m1/s1. The molecule has 0 radical (unpaired) electrons. The average Bonchev–Trinajstić information content (AvgIpc) is 3.32. The van der Waals surface area contributed by atoms with Crippen LogP contribution in [0.4, 0.5) is 30.5 Å². The molecule has 0 bridgehead atoms. The molecule has 194 valence electrons. The molecule has 3 N–H and O–H groups in total. The Bertz CT molecular complexity index is 1400. The van der Waals surface area contributed by atoms with Crippen LogP contribution in [0.3, 0.4) is 0 Å². The third-order valence-corrected chi connectivity index (χ3v) is 8.39. The zero-order valence-corrected chi connectivity index (χ0v) is 21.3. The number of sulfone groups is 1. The van der Waals surface area contributed by atoms with Crippen molar-refractivity contribution in [1.82, 2.24) is 15.0 Å². The smallest absolute Gasteiger partial charge is 0.399 e. The second-order valence-electron chi connectivity index (χ2n) is 9.34. The van der Waals surface area contributed by atoms with Crippen molar-refractivity contribution >= 4 is 38.2 Å². The second-order valence-corrected chi connectivity index (χ2v) is 11.8. The molecule has 1 aliphatic heterocycles. The van der Waals surface area contributed by atoms with Crippen molar-refractivity contribution in [1.29, 1.82) is 0 Å².